The summed E-state index contributed by atoms with van der Waals surface area (Å²) in [6.45, 7) is 12.5. The third-order valence-corrected chi connectivity index (χ3v) is 4.04. The Morgan fingerprint density at radius 3 is 2.80 bits per heavy atom. The lowest BCUT2D eigenvalue weighted by Gasteiger charge is -2.23. The summed E-state index contributed by atoms with van der Waals surface area (Å²) < 4.78 is 7.96. The predicted octanol–water partition coefficient (Wildman–Crippen LogP) is 2.81. The average Bonchev–Trinajstić information content (AvgIpc) is 2.67. The van der Waals surface area contributed by atoms with Crippen molar-refractivity contribution in [2.24, 2.45) is 5.92 Å². The molecule has 0 spiro atoms. The van der Waals surface area contributed by atoms with E-state index >= 15 is 0 Å². The molecule has 1 aliphatic rings. The molecule has 0 bridgehead atoms. The standard InChI is InChI=1S/C16H29N3O/c1-12(2)9-17-10-16-13(3)18-19(14(16)4)11-15-7-5-6-8-20-15/h12,15,17H,5-11H2,1-4H3. The van der Waals surface area contributed by atoms with E-state index < -0.39 is 0 Å². The van der Waals surface area contributed by atoms with Crippen molar-refractivity contribution < 1.29 is 4.74 Å². The van der Waals surface area contributed by atoms with Crippen LogP contribution in [0.25, 0.3) is 0 Å². The van der Waals surface area contributed by atoms with Gasteiger partial charge in [-0.3, -0.25) is 4.68 Å². The predicted molar refractivity (Wildman–Crippen MR) is 81.8 cm³/mol. The van der Waals surface area contributed by atoms with E-state index in [1.165, 1.54) is 30.5 Å². The highest BCUT2D eigenvalue weighted by molar-refractivity contribution is 5.24. The van der Waals surface area contributed by atoms with E-state index in [2.05, 4.69) is 37.7 Å². The summed E-state index contributed by atoms with van der Waals surface area (Å²) in [4.78, 5) is 0. The fourth-order valence-electron chi connectivity index (χ4n) is 2.80. The Bertz CT molecular complexity index is 420. The Kier molecular flexibility index (Phi) is 5.61. The van der Waals surface area contributed by atoms with E-state index in [0.29, 0.717) is 12.0 Å². The molecule has 114 valence electrons. The first-order chi connectivity index (χ1) is 9.58. The number of aromatic nitrogens is 2. The first kappa shape index (κ1) is 15.5. The van der Waals surface area contributed by atoms with Gasteiger partial charge in [-0.05, 0) is 45.6 Å². The minimum Gasteiger partial charge on any atom is -0.376 e. The van der Waals surface area contributed by atoms with Gasteiger partial charge in [0, 0.05) is 24.4 Å². The highest BCUT2D eigenvalue weighted by Gasteiger charge is 2.18. The molecule has 1 atom stereocenters. The van der Waals surface area contributed by atoms with Crippen molar-refractivity contribution in [1.29, 1.82) is 0 Å². The molecule has 4 nitrogen and oxygen atoms in total. The van der Waals surface area contributed by atoms with Gasteiger partial charge in [-0.2, -0.15) is 5.10 Å². The Morgan fingerprint density at radius 2 is 2.15 bits per heavy atom. The fourth-order valence-corrected chi connectivity index (χ4v) is 2.80. The largest absolute Gasteiger partial charge is 0.376 e. The maximum Gasteiger partial charge on any atom is 0.0771 e. The lowest BCUT2D eigenvalue weighted by molar-refractivity contribution is 0.00360. The Labute approximate surface area is 122 Å². The maximum absolute atomic E-state index is 5.82. The third-order valence-electron chi connectivity index (χ3n) is 4.04. The quantitative estimate of drug-likeness (QED) is 0.870. The zero-order valence-corrected chi connectivity index (χ0v) is 13.4. The van der Waals surface area contributed by atoms with Crippen molar-refractivity contribution in [1.82, 2.24) is 15.1 Å². The van der Waals surface area contributed by atoms with E-state index in [-0.39, 0.29) is 0 Å². The van der Waals surface area contributed by atoms with Crippen LogP contribution in [-0.2, 0) is 17.8 Å². The van der Waals surface area contributed by atoms with Crippen LogP contribution < -0.4 is 5.32 Å². The van der Waals surface area contributed by atoms with Gasteiger partial charge in [0.15, 0.2) is 0 Å². The van der Waals surface area contributed by atoms with Crippen LogP contribution in [0.4, 0.5) is 0 Å². The van der Waals surface area contributed by atoms with Crippen LogP contribution in [0.3, 0.4) is 0 Å². The molecule has 0 aliphatic carbocycles. The number of aryl methyl sites for hydroxylation is 1. The van der Waals surface area contributed by atoms with Crippen molar-refractivity contribution in [3.8, 4) is 0 Å². The van der Waals surface area contributed by atoms with Gasteiger partial charge < -0.3 is 10.1 Å². The molecule has 0 amide bonds. The molecule has 0 radical (unpaired) electrons. The van der Waals surface area contributed by atoms with Crippen molar-refractivity contribution in [2.45, 2.75) is 66.2 Å². The SMILES string of the molecule is Cc1nn(CC2CCCCO2)c(C)c1CNCC(C)C. The summed E-state index contributed by atoms with van der Waals surface area (Å²) in [5.74, 6) is 0.682. The van der Waals surface area contributed by atoms with Gasteiger partial charge in [0.1, 0.15) is 0 Å². The maximum atomic E-state index is 5.82. The van der Waals surface area contributed by atoms with Crippen LogP contribution in [0, 0.1) is 19.8 Å². The Morgan fingerprint density at radius 1 is 1.35 bits per heavy atom. The second-order valence-electron chi connectivity index (χ2n) is 6.34. The summed E-state index contributed by atoms with van der Waals surface area (Å²) in [6.07, 6.45) is 4.00. The van der Waals surface area contributed by atoms with Crippen molar-refractivity contribution in [2.75, 3.05) is 13.2 Å². The van der Waals surface area contributed by atoms with E-state index in [0.717, 1.165) is 31.9 Å². The highest BCUT2D eigenvalue weighted by Crippen LogP contribution is 2.18. The lowest BCUT2D eigenvalue weighted by atomic mass is 10.1. The van der Waals surface area contributed by atoms with Crippen LogP contribution in [0.1, 0.15) is 50.1 Å². The number of nitrogens with one attached hydrogen (secondary N) is 1. The third kappa shape index (κ3) is 4.06. The van der Waals surface area contributed by atoms with Crippen LogP contribution >= 0.6 is 0 Å². The molecule has 0 aromatic carbocycles. The molecule has 1 aliphatic heterocycles. The van der Waals surface area contributed by atoms with Gasteiger partial charge in [0.25, 0.3) is 0 Å². The number of hydrogen-bond acceptors (Lipinski definition) is 3. The molecule has 20 heavy (non-hydrogen) atoms. The summed E-state index contributed by atoms with van der Waals surface area (Å²) in [6, 6.07) is 0. The van der Waals surface area contributed by atoms with E-state index in [9.17, 15) is 0 Å². The monoisotopic (exact) mass is 279 g/mol. The molecular weight excluding hydrogens is 250 g/mol. The van der Waals surface area contributed by atoms with Crippen molar-refractivity contribution in [3.05, 3.63) is 17.0 Å². The molecule has 1 unspecified atom stereocenters. The zero-order chi connectivity index (χ0) is 14.5. The van der Waals surface area contributed by atoms with Gasteiger partial charge in [-0.1, -0.05) is 13.8 Å². The number of rotatable bonds is 6. The average molecular weight is 279 g/mol. The molecule has 2 heterocycles. The summed E-state index contributed by atoms with van der Waals surface area (Å²) in [7, 11) is 0. The van der Waals surface area contributed by atoms with Crippen molar-refractivity contribution in [3.63, 3.8) is 0 Å². The van der Waals surface area contributed by atoms with Crippen LogP contribution in [0.5, 0.6) is 0 Å². The van der Waals surface area contributed by atoms with Crippen LogP contribution in [0.2, 0.25) is 0 Å². The lowest BCUT2D eigenvalue weighted by Crippen LogP contribution is -2.25. The summed E-state index contributed by atoms with van der Waals surface area (Å²) in [5.41, 5.74) is 3.78. The van der Waals surface area contributed by atoms with Crippen LogP contribution in [-0.4, -0.2) is 29.0 Å². The van der Waals surface area contributed by atoms with E-state index in [1.54, 1.807) is 0 Å². The van der Waals surface area contributed by atoms with Gasteiger partial charge in [-0.15, -0.1) is 0 Å². The second-order valence-corrected chi connectivity index (χ2v) is 6.34. The minimum absolute atomic E-state index is 0.346. The molecule has 4 heteroatoms. The molecule has 0 saturated carbocycles. The smallest absolute Gasteiger partial charge is 0.0771 e. The first-order valence-electron chi connectivity index (χ1n) is 7.93. The summed E-state index contributed by atoms with van der Waals surface area (Å²) in [5, 5.41) is 8.21. The van der Waals surface area contributed by atoms with Crippen LogP contribution in [0.15, 0.2) is 0 Å². The van der Waals surface area contributed by atoms with Gasteiger partial charge in [0.2, 0.25) is 0 Å². The second kappa shape index (κ2) is 7.23. The van der Waals surface area contributed by atoms with Gasteiger partial charge in [0.05, 0.1) is 18.3 Å². The number of hydrogen-bond donors (Lipinski definition) is 1. The molecule has 1 saturated heterocycles. The van der Waals surface area contributed by atoms with E-state index in [4.69, 9.17) is 9.84 Å². The van der Waals surface area contributed by atoms with E-state index in [1.807, 2.05) is 0 Å². The molecule has 1 fully saturated rings. The molecular formula is C16H29N3O. The van der Waals surface area contributed by atoms with Gasteiger partial charge in [-0.25, -0.2) is 0 Å². The molecule has 1 aromatic rings. The topological polar surface area (TPSA) is 39.1 Å². The first-order valence-corrected chi connectivity index (χ1v) is 7.93. The molecule has 2 rings (SSSR count). The van der Waals surface area contributed by atoms with Crippen molar-refractivity contribution >= 4 is 0 Å². The molecule has 1 N–H and O–H groups in total. The summed E-state index contributed by atoms with van der Waals surface area (Å²) >= 11 is 0. The van der Waals surface area contributed by atoms with Gasteiger partial charge >= 0.3 is 0 Å². The number of ether oxygens (including phenoxy) is 1. The number of nitrogens with zero attached hydrogens (tertiary/aromatic N) is 2. The highest BCUT2D eigenvalue weighted by atomic mass is 16.5. The zero-order valence-electron chi connectivity index (χ0n) is 13.4. The fraction of sp³-hybridized carbons (Fsp3) is 0.812. The molecule has 1 aromatic heterocycles. The normalized spacial score (nSPS) is 19.8. The Hall–Kier alpha value is -0.870. The Balaban J connectivity index is 1.96. The minimum atomic E-state index is 0.346.